The second-order valence-corrected chi connectivity index (χ2v) is 6.46. The maximum atomic E-state index is 12.5. The predicted octanol–water partition coefficient (Wildman–Crippen LogP) is 3.37. The number of aryl methyl sites for hydroxylation is 2. The molecule has 1 aromatic carbocycles. The Bertz CT molecular complexity index is 1120. The van der Waals surface area contributed by atoms with Gasteiger partial charge in [0.05, 0.1) is 16.7 Å². The first kappa shape index (κ1) is 18.7. The number of anilines is 2. The van der Waals surface area contributed by atoms with Gasteiger partial charge in [0.15, 0.2) is 0 Å². The summed E-state index contributed by atoms with van der Waals surface area (Å²) in [4.78, 5) is 28.1. The normalized spacial score (nSPS) is 10.7. The fourth-order valence-corrected chi connectivity index (χ4v) is 3.12. The molecule has 0 radical (unpaired) electrons. The van der Waals surface area contributed by atoms with E-state index in [1.807, 2.05) is 31.2 Å². The smallest absolute Gasteiger partial charge is 0.328 e. The molecule has 0 atom stereocenters. The van der Waals surface area contributed by atoms with Crippen molar-refractivity contribution in [2.24, 2.45) is 7.05 Å². The lowest BCUT2D eigenvalue weighted by atomic mass is 10.2. The van der Waals surface area contributed by atoms with Gasteiger partial charge in [-0.25, -0.2) is 9.78 Å². The Labute approximate surface area is 160 Å². The number of hydrogen-bond donors (Lipinski definition) is 1. The first-order valence-corrected chi connectivity index (χ1v) is 8.86. The summed E-state index contributed by atoms with van der Waals surface area (Å²) in [6, 6.07) is 9.16. The monoisotopic (exact) mass is 383 g/mol. The van der Waals surface area contributed by atoms with Gasteiger partial charge in [-0.15, -0.1) is 0 Å². The molecule has 0 saturated carbocycles. The summed E-state index contributed by atoms with van der Waals surface area (Å²) in [7, 11) is 1.70. The Hall–Kier alpha value is -3.11. The summed E-state index contributed by atoms with van der Waals surface area (Å²) in [6.07, 6.45) is 2.27. The number of ketones is 1. The number of halogens is 1. The standard InChI is InChI=1S/C19H18ClN5O2/c1-3-13(26)7-9-25-17-10-12(4-5-16(17)24(2)19(25)27)23-15-6-8-22-18(20)14(15)11-21/h4-6,8,10H,3,7,9H2,1-2H3,(H,22,23). The minimum Gasteiger partial charge on any atom is -0.354 e. The lowest BCUT2D eigenvalue weighted by Gasteiger charge is -2.10. The molecule has 3 rings (SSSR count). The maximum Gasteiger partial charge on any atom is 0.328 e. The number of nitrogens with zero attached hydrogens (tertiary/aromatic N) is 4. The molecule has 0 amide bonds. The molecule has 0 spiro atoms. The van der Waals surface area contributed by atoms with Crippen LogP contribution in [0.15, 0.2) is 35.3 Å². The fraction of sp³-hybridized carbons (Fsp3) is 0.263. The number of imidazole rings is 1. The Morgan fingerprint density at radius 2 is 2.11 bits per heavy atom. The number of aromatic nitrogens is 3. The van der Waals surface area contributed by atoms with E-state index >= 15 is 0 Å². The number of carbonyl (C=O) groups excluding carboxylic acids is 1. The van der Waals surface area contributed by atoms with Crippen molar-refractivity contribution in [3.63, 3.8) is 0 Å². The maximum absolute atomic E-state index is 12.5. The minimum atomic E-state index is -0.171. The molecule has 138 valence electrons. The molecule has 0 saturated heterocycles. The van der Waals surface area contributed by atoms with Gasteiger partial charge in [-0.2, -0.15) is 5.26 Å². The van der Waals surface area contributed by atoms with E-state index in [9.17, 15) is 14.9 Å². The molecule has 1 N–H and O–H groups in total. The molecule has 8 heteroatoms. The van der Waals surface area contributed by atoms with Crippen LogP contribution in [-0.2, 0) is 18.4 Å². The number of fused-ring (bicyclic) bond motifs is 1. The molecule has 0 unspecified atom stereocenters. The highest BCUT2D eigenvalue weighted by Gasteiger charge is 2.13. The number of nitrogens with one attached hydrogen (secondary N) is 1. The average Bonchev–Trinajstić information content (AvgIpc) is 2.90. The number of nitriles is 1. The van der Waals surface area contributed by atoms with Gasteiger partial charge < -0.3 is 5.32 Å². The van der Waals surface area contributed by atoms with Crippen LogP contribution in [0.1, 0.15) is 25.3 Å². The lowest BCUT2D eigenvalue weighted by molar-refractivity contribution is -0.118. The number of carbonyl (C=O) groups is 1. The fourth-order valence-electron chi connectivity index (χ4n) is 2.92. The number of Topliss-reactive ketones (excluding diaryl/α,β-unsaturated/α-hetero) is 1. The molecule has 0 fully saturated rings. The Morgan fingerprint density at radius 3 is 2.81 bits per heavy atom. The second kappa shape index (κ2) is 7.64. The molecular weight excluding hydrogens is 366 g/mol. The Balaban J connectivity index is 2.02. The number of hydrogen-bond acceptors (Lipinski definition) is 5. The third-order valence-corrected chi connectivity index (χ3v) is 4.74. The number of benzene rings is 1. The van der Waals surface area contributed by atoms with Gasteiger partial charge in [0.2, 0.25) is 0 Å². The van der Waals surface area contributed by atoms with Crippen molar-refractivity contribution in [2.75, 3.05) is 5.32 Å². The topological polar surface area (TPSA) is 92.7 Å². The van der Waals surface area contributed by atoms with Crippen LogP contribution in [0.5, 0.6) is 0 Å². The zero-order valence-corrected chi connectivity index (χ0v) is 15.7. The summed E-state index contributed by atoms with van der Waals surface area (Å²) in [5.41, 5.74) is 2.79. The SMILES string of the molecule is CCC(=O)CCn1c(=O)n(C)c2ccc(Nc3ccnc(Cl)c3C#N)cc21. The van der Waals surface area contributed by atoms with E-state index in [-0.39, 0.29) is 22.2 Å². The van der Waals surface area contributed by atoms with Crippen LogP contribution in [-0.4, -0.2) is 19.9 Å². The largest absolute Gasteiger partial charge is 0.354 e. The van der Waals surface area contributed by atoms with E-state index in [1.54, 1.807) is 22.2 Å². The molecule has 0 aliphatic carbocycles. The predicted molar refractivity (Wildman–Crippen MR) is 104 cm³/mol. The van der Waals surface area contributed by atoms with Gasteiger partial charge in [0.1, 0.15) is 22.6 Å². The molecule has 27 heavy (non-hydrogen) atoms. The summed E-state index contributed by atoms with van der Waals surface area (Å²) in [5, 5.41) is 12.6. The van der Waals surface area contributed by atoms with E-state index in [2.05, 4.69) is 10.3 Å². The average molecular weight is 384 g/mol. The van der Waals surface area contributed by atoms with Gasteiger partial charge in [-0.05, 0) is 24.3 Å². The van der Waals surface area contributed by atoms with Crippen molar-refractivity contribution < 1.29 is 4.79 Å². The lowest BCUT2D eigenvalue weighted by Crippen LogP contribution is -2.23. The van der Waals surface area contributed by atoms with Crippen molar-refractivity contribution >= 4 is 39.8 Å². The molecule has 0 aliphatic rings. The molecular formula is C19H18ClN5O2. The zero-order chi connectivity index (χ0) is 19.6. The zero-order valence-electron chi connectivity index (χ0n) is 15.0. The molecule has 2 aromatic heterocycles. The van der Waals surface area contributed by atoms with Crippen molar-refractivity contribution in [3.8, 4) is 6.07 Å². The van der Waals surface area contributed by atoms with Crippen LogP contribution >= 0.6 is 11.6 Å². The Kier molecular flexibility index (Phi) is 5.28. The van der Waals surface area contributed by atoms with Crippen molar-refractivity contribution in [3.05, 3.63) is 51.7 Å². The van der Waals surface area contributed by atoms with Gasteiger partial charge in [-0.3, -0.25) is 13.9 Å². The van der Waals surface area contributed by atoms with Gasteiger partial charge in [0.25, 0.3) is 0 Å². The number of rotatable bonds is 6. The van der Waals surface area contributed by atoms with Crippen molar-refractivity contribution in [2.45, 2.75) is 26.3 Å². The first-order chi connectivity index (χ1) is 13.0. The third kappa shape index (κ3) is 3.57. The van der Waals surface area contributed by atoms with Gasteiger partial charge in [-0.1, -0.05) is 18.5 Å². The van der Waals surface area contributed by atoms with E-state index in [1.165, 1.54) is 6.20 Å². The van der Waals surface area contributed by atoms with E-state index in [0.29, 0.717) is 30.8 Å². The first-order valence-electron chi connectivity index (χ1n) is 8.48. The molecule has 0 aliphatic heterocycles. The number of pyridine rings is 1. The van der Waals surface area contributed by atoms with Gasteiger partial charge >= 0.3 is 5.69 Å². The van der Waals surface area contributed by atoms with Crippen LogP contribution < -0.4 is 11.0 Å². The molecule has 2 heterocycles. The minimum absolute atomic E-state index is 0.110. The highest BCUT2D eigenvalue weighted by Crippen LogP contribution is 2.26. The summed E-state index contributed by atoms with van der Waals surface area (Å²) in [6.45, 7) is 2.14. The van der Waals surface area contributed by atoms with Crippen LogP contribution in [0.3, 0.4) is 0 Å². The van der Waals surface area contributed by atoms with E-state index < -0.39 is 0 Å². The second-order valence-electron chi connectivity index (χ2n) is 6.10. The molecule has 0 bridgehead atoms. The van der Waals surface area contributed by atoms with Gasteiger partial charge in [0, 0.05) is 38.3 Å². The van der Waals surface area contributed by atoms with Crippen molar-refractivity contribution in [1.29, 1.82) is 5.26 Å². The Morgan fingerprint density at radius 1 is 1.33 bits per heavy atom. The summed E-state index contributed by atoms with van der Waals surface area (Å²) < 4.78 is 3.15. The molecule has 7 nitrogen and oxygen atoms in total. The van der Waals surface area contributed by atoms with Crippen LogP contribution in [0.4, 0.5) is 11.4 Å². The van der Waals surface area contributed by atoms with Crippen LogP contribution in [0, 0.1) is 11.3 Å². The highest BCUT2D eigenvalue weighted by atomic mass is 35.5. The van der Waals surface area contributed by atoms with E-state index in [4.69, 9.17) is 11.6 Å². The van der Waals surface area contributed by atoms with Crippen LogP contribution in [0.2, 0.25) is 5.15 Å². The van der Waals surface area contributed by atoms with Crippen molar-refractivity contribution in [1.82, 2.24) is 14.1 Å². The molecule has 3 aromatic rings. The van der Waals surface area contributed by atoms with Crippen LogP contribution in [0.25, 0.3) is 11.0 Å². The summed E-state index contributed by atoms with van der Waals surface area (Å²) in [5.74, 6) is 0.110. The van der Waals surface area contributed by atoms with E-state index in [0.717, 1.165) is 11.0 Å². The highest BCUT2D eigenvalue weighted by molar-refractivity contribution is 6.31. The summed E-state index contributed by atoms with van der Waals surface area (Å²) >= 11 is 5.97. The quantitative estimate of drug-likeness (QED) is 0.659. The third-order valence-electron chi connectivity index (χ3n) is 4.45.